The van der Waals surface area contributed by atoms with Crippen LogP contribution in [0.4, 0.5) is 0 Å². The number of ether oxygens (including phenoxy) is 1. The van der Waals surface area contributed by atoms with Crippen molar-refractivity contribution in [2.24, 2.45) is 0 Å². The number of amides is 1. The highest BCUT2D eigenvalue weighted by Gasteiger charge is 2.20. The van der Waals surface area contributed by atoms with Crippen LogP contribution in [0.5, 0.6) is 5.75 Å². The van der Waals surface area contributed by atoms with Crippen molar-refractivity contribution in [2.75, 3.05) is 6.61 Å². The Morgan fingerprint density at radius 3 is 2.69 bits per heavy atom. The van der Waals surface area contributed by atoms with Crippen LogP contribution in [0.25, 0.3) is 0 Å². The number of rotatable bonds is 6. The number of carbonyl (C=O) groups is 1. The van der Waals surface area contributed by atoms with Crippen molar-refractivity contribution in [3.63, 3.8) is 0 Å². The zero-order chi connectivity index (χ0) is 17.8. The van der Waals surface area contributed by atoms with Crippen LogP contribution in [0.3, 0.4) is 0 Å². The van der Waals surface area contributed by atoms with E-state index in [1.165, 1.54) is 17.5 Å². The summed E-state index contributed by atoms with van der Waals surface area (Å²) < 4.78 is 5.59. The minimum atomic E-state index is -0.132. The summed E-state index contributed by atoms with van der Waals surface area (Å²) >= 11 is 1.66. The average molecular weight is 363 g/mol. The molecule has 4 heteroatoms. The van der Waals surface area contributed by atoms with E-state index in [2.05, 4.69) is 29.6 Å². The van der Waals surface area contributed by atoms with Crippen LogP contribution in [0.1, 0.15) is 34.0 Å². The van der Waals surface area contributed by atoms with E-state index in [-0.39, 0.29) is 18.6 Å². The standard InChI is InChI=1S/C22H21NO2S/c24-21(15-25-19-8-2-1-3-9-19)23-22(20-10-5-13-26-20)18-12-11-16-6-4-7-17(16)14-18/h1-3,5,8-14,22H,4,6-7,15H2,(H,23,24). The highest BCUT2D eigenvalue weighted by atomic mass is 32.1. The Kier molecular flexibility index (Phi) is 5.02. The molecule has 4 rings (SSSR count). The second-order valence-corrected chi connectivity index (χ2v) is 7.48. The lowest BCUT2D eigenvalue weighted by atomic mass is 10.00. The van der Waals surface area contributed by atoms with Crippen LogP contribution in [0.15, 0.2) is 66.0 Å². The van der Waals surface area contributed by atoms with Crippen LogP contribution >= 0.6 is 11.3 Å². The minimum Gasteiger partial charge on any atom is -0.484 e. The van der Waals surface area contributed by atoms with E-state index in [0.29, 0.717) is 5.75 Å². The Morgan fingerprint density at radius 2 is 1.88 bits per heavy atom. The molecule has 1 N–H and O–H groups in total. The van der Waals surface area contributed by atoms with Gasteiger partial charge in [0, 0.05) is 4.88 Å². The molecule has 0 bridgehead atoms. The Bertz CT molecular complexity index is 874. The molecule has 3 nitrogen and oxygen atoms in total. The molecule has 0 aliphatic heterocycles. The van der Waals surface area contributed by atoms with E-state index in [9.17, 15) is 4.79 Å². The second kappa shape index (κ2) is 7.75. The van der Waals surface area contributed by atoms with Crippen LogP contribution in [0.2, 0.25) is 0 Å². The van der Waals surface area contributed by atoms with Gasteiger partial charge in [-0.1, -0.05) is 42.5 Å². The predicted molar refractivity (Wildman–Crippen MR) is 105 cm³/mol. The number of hydrogen-bond donors (Lipinski definition) is 1. The summed E-state index contributed by atoms with van der Waals surface area (Å²) in [5.41, 5.74) is 4.00. The van der Waals surface area contributed by atoms with Crippen LogP contribution in [0, 0.1) is 0 Å². The van der Waals surface area contributed by atoms with Crippen LogP contribution in [-0.2, 0) is 17.6 Å². The molecule has 1 heterocycles. The van der Waals surface area contributed by atoms with Gasteiger partial charge in [0.05, 0.1) is 6.04 Å². The summed E-state index contributed by atoms with van der Waals surface area (Å²) in [6.07, 6.45) is 3.52. The van der Waals surface area contributed by atoms with E-state index in [1.54, 1.807) is 11.3 Å². The van der Waals surface area contributed by atoms with Gasteiger partial charge < -0.3 is 10.1 Å². The lowest BCUT2D eigenvalue weighted by Gasteiger charge is -2.19. The van der Waals surface area contributed by atoms with E-state index < -0.39 is 0 Å². The molecular weight excluding hydrogens is 342 g/mol. The number of benzene rings is 2. The summed E-state index contributed by atoms with van der Waals surface area (Å²) in [6, 6.07) is 20.0. The van der Waals surface area contributed by atoms with E-state index in [1.807, 2.05) is 41.8 Å². The highest BCUT2D eigenvalue weighted by molar-refractivity contribution is 7.10. The molecule has 0 spiro atoms. The van der Waals surface area contributed by atoms with Gasteiger partial charge in [0.1, 0.15) is 5.75 Å². The quantitative estimate of drug-likeness (QED) is 0.699. The fourth-order valence-electron chi connectivity index (χ4n) is 3.41. The smallest absolute Gasteiger partial charge is 0.258 e. The molecule has 26 heavy (non-hydrogen) atoms. The molecular formula is C22H21NO2S. The molecule has 1 amide bonds. The minimum absolute atomic E-state index is 0.0107. The van der Waals surface area contributed by atoms with Gasteiger partial charge in [-0.25, -0.2) is 0 Å². The largest absolute Gasteiger partial charge is 0.484 e. The van der Waals surface area contributed by atoms with Crippen molar-refractivity contribution in [1.82, 2.24) is 5.32 Å². The van der Waals surface area contributed by atoms with E-state index in [4.69, 9.17) is 4.74 Å². The lowest BCUT2D eigenvalue weighted by Crippen LogP contribution is -2.33. The number of para-hydroxylation sites is 1. The van der Waals surface area contributed by atoms with Gasteiger partial charge in [0.15, 0.2) is 6.61 Å². The summed E-state index contributed by atoms with van der Waals surface area (Å²) in [6.45, 7) is 0.0107. The number of thiophene rings is 1. The lowest BCUT2D eigenvalue weighted by molar-refractivity contribution is -0.123. The molecule has 0 saturated heterocycles. The third-order valence-electron chi connectivity index (χ3n) is 4.70. The summed E-state index contributed by atoms with van der Waals surface area (Å²) in [5, 5.41) is 5.19. The molecule has 1 aromatic heterocycles. The fourth-order valence-corrected chi connectivity index (χ4v) is 4.22. The van der Waals surface area contributed by atoms with Gasteiger partial charge in [-0.3, -0.25) is 4.79 Å². The van der Waals surface area contributed by atoms with E-state index >= 15 is 0 Å². The van der Waals surface area contributed by atoms with Crippen LogP contribution in [-0.4, -0.2) is 12.5 Å². The summed E-state index contributed by atoms with van der Waals surface area (Å²) in [5.74, 6) is 0.584. The molecule has 1 atom stereocenters. The third-order valence-corrected chi connectivity index (χ3v) is 5.64. The molecule has 1 unspecified atom stereocenters. The first-order valence-electron chi connectivity index (χ1n) is 8.92. The number of nitrogens with one attached hydrogen (secondary N) is 1. The summed E-state index contributed by atoms with van der Waals surface area (Å²) in [4.78, 5) is 13.6. The van der Waals surface area contributed by atoms with Gasteiger partial charge in [-0.2, -0.15) is 0 Å². The normalized spacial score (nSPS) is 13.8. The van der Waals surface area contributed by atoms with Gasteiger partial charge in [0.2, 0.25) is 0 Å². The fraction of sp³-hybridized carbons (Fsp3) is 0.227. The first-order chi connectivity index (χ1) is 12.8. The Balaban J connectivity index is 1.50. The first kappa shape index (κ1) is 16.9. The molecule has 0 radical (unpaired) electrons. The third kappa shape index (κ3) is 3.81. The van der Waals surface area contributed by atoms with Gasteiger partial charge in [-0.15, -0.1) is 11.3 Å². The van der Waals surface area contributed by atoms with Gasteiger partial charge in [-0.05, 0) is 59.5 Å². The molecule has 0 fully saturated rings. The zero-order valence-corrected chi connectivity index (χ0v) is 15.3. The van der Waals surface area contributed by atoms with Crippen molar-refractivity contribution in [2.45, 2.75) is 25.3 Å². The Labute approximate surface area is 157 Å². The highest BCUT2D eigenvalue weighted by Crippen LogP contribution is 2.30. The molecule has 1 aliphatic rings. The van der Waals surface area contributed by atoms with Crippen molar-refractivity contribution in [3.05, 3.63) is 87.6 Å². The monoisotopic (exact) mass is 363 g/mol. The average Bonchev–Trinajstić information content (AvgIpc) is 3.36. The SMILES string of the molecule is O=C(COc1ccccc1)NC(c1ccc2c(c1)CCC2)c1cccs1. The van der Waals surface area contributed by atoms with Crippen molar-refractivity contribution in [1.29, 1.82) is 0 Å². The molecule has 0 saturated carbocycles. The molecule has 1 aliphatic carbocycles. The number of aryl methyl sites for hydroxylation is 2. The second-order valence-electron chi connectivity index (χ2n) is 6.50. The van der Waals surface area contributed by atoms with Crippen molar-refractivity contribution in [3.8, 4) is 5.75 Å². The maximum Gasteiger partial charge on any atom is 0.258 e. The van der Waals surface area contributed by atoms with Crippen molar-refractivity contribution >= 4 is 17.2 Å². The topological polar surface area (TPSA) is 38.3 Å². The molecule has 3 aromatic rings. The maximum atomic E-state index is 12.5. The first-order valence-corrected chi connectivity index (χ1v) is 9.80. The molecule has 132 valence electrons. The maximum absolute atomic E-state index is 12.5. The van der Waals surface area contributed by atoms with E-state index in [0.717, 1.165) is 23.3 Å². The Hall–Kier alpha value is -2.59. The summed E-state index contributed by atoms with van der Waals surface area (Å²) in [7, 11) is 0. The molecule has 2 aromatic carbocycles. The van der Waals surface area contributed by atoms with Crippen molar-refractivity contribution < 1.29 is 9.53 Å². The number of hydrogen-bond acceptors (Lipinski definition) is 3. The predicted octanol–water partition coefficient (Wildman–Crippen LogP) is 4.52. The Morgan fingerprint density at radius 1 is 1.04 bits per heavy atom. The van der Waals surface area contributed by atoms with Crippen LogP contribution < -0.4 is 10.1 Å². The van der Waals surface area contributed by atoms with Gasteiger partial charge >= 0.3 is 0 Å². The zero-order valence-electron chi connectivity index (χ0n) is 14.5. The number of fused-ring (bicyclic) bond motifs is 1. The van der Waals surface area contributed by atoms with Gasteiger partial charge in [0.25, 0.3) is 5.91 Å². The number of carbonyl (C=O) groups excluding carboxylic acids is 1.